The molecular formula is C25H23F6N3O. The number of halogens is 6. The van der Waals surface area contributed by atoms with Gasteiger partial charge in [-0.15, -0.1) is 0 Å². The highest BCUT2D eigenvalue weighted by atomic mass is 19.4. The van der Waals surface area contributed by atoms with Crippen LogP contribution in [0.5, 0.6) is 0 Å². The van der Waals surface area contributed by atoms with E-state index in [1.807, 2.05) is 0 Å². The number of carbonyl (C=O) groups is 1. The van der Waals surface area contributed by atoms with Crippen molar-refractivity contribution in [3.63, 3.8) is 0 Å². The van der Waals surface area contributed by atoms with Crippen molar-refractivity contribution < 1.29 is 31.1 Å². The monoisotopic (exact) mass is 495 g/mol. The lowest BCUT2D eigenvalue weighted by atomic mass is 9.88. The number of amides is 1. The van der Waals surface area contributed by atoms with E-state index >= 15 is 0 Å². The van der Waals surface area contributed by atoms with Crippen LogP contribution in [-0.2, 0) is 11.0 Å². The predicted octanol–water partition coefficient (Wildman–Crippen LogP) is 5.43. The highest BCUT2D eigenvalue weighted by molar-refractivity contribution is 5.83. The summed E-state index contributed by atoms with van der Waals surface area (Å²) in [6.45, 7) is 1.66. The molecule has 2 aromatic carbocycles. The lowest BCUT2D eigenvalue weighted by Crippen LogP contribution is -2.37. The molecule has 35 heavy (non-hydrogen) atoms. The van der Waals surface area contributed by atoms with Gasteiger partial charge in [0.15, 0.2) is 0 Å². The second kappa shape index (κ2) is 10.9. The Hall–Kier alpha value is -3.40. The zero-order chi connectivity index (χ0) is 25.8. The molecule has 0 aliphatic heterocycles. The van der Waals surface area contributed by atoms with Crippen LogP contribution < -0.4 is 10.6 Å². The number of pyridine rings is 1. The fourth-order valence-electron chi connectivity index (χ4n) is 3.79. The largest absolute Gasteiger partial charge is 0.433 e. The molecule has 0 saturated heterocycles. The van der Waals surface area contributed by atoms with E-state index in [2.05, 4.69) is 15.6 Å². The highest BCUT2D eigenvalue weighted by Crippen LogP contribution is 2.32. The summed E-state index contributed by atoms with van der Waals surface area (Å²) in [6.07, 6.45) is -3.25. The SMILES string of the molecule is CNC(=O)[C@@H](NCC[C@@H](c1ccc(C(F)(F)F)nc1)c1ccc(F)c(C)c1)c1cc(F)ccc1F. The van der Waals surface area contributed by atoms with Crippen molar-refractivity contribution in [2.24, 2.45) is 0 Å². The van der Waals surface area contributed by atoms with E-state index in [1.54, 1.807) is 13.0 Å². The number of hydrogen-bond acceptors (Lipinski definition) is 3. The van der Waals surface area contributed by atoms with Crippen molar-refractivity contribution in [3.8, 4) is 0 Å². The maximum Gasteiger partial charge on any atom is 0.433 e. The average Bonchev–Trinajstić information content (AvgIpc) is 2.82. The molecule has 1 amide bonds. The minimum absolute atomic E-state index is 0.0934. The van der Waals surface area contributed by atoms with E-state index in [9.17, 15) is 31.1 Å². The Morgan fingerprint density at radius 3 is 2.26 bits per heavy atom. The maximum absolute atomic E-state index is 14.3. The quantitative estimate of drug-likeness (QED) is 0.410. The highest BCUT2D eigenvalue weighted by Gasteiger charge is 2.32. The Kier molecular flexibility index (Phi) is 8.16. The topological polar surface area (TPSA) is 54.0 Å². The zero-order valence-electron chi connectivity index (χ0n) is 18.9. The van der Waals surface area contributed by atoms with Crippen molar-refractivity contribution in [2.75, 3.05) is 13.6 Å². The normalized spacial score (nSPS) is 13.4. The summed E-state index contributed by atoms with van der Waals surface area (Å²) >= 11 is 0. The van der Waals surface area contributed by atoms with Crippen molar-refractivity contribution in [1.29, 1.82) is 0 Å². The molecule has 3 rings (SSSR count). The van der Waals surface area contributed by atoms with Gasteiger partial charge in [-0.1, -0.05) is 18.2 Å². The molecule has 1 aromatic heterocycles. The van der Waals surface area contributed by atoms with Crippen molar-refractivity contribution in [3.05, 3.63) is 100 Å². The second-order valence-corrected chi connectivity index (χ2v) is 7.99. The number of alkyl halides is 3. The molecule has 186 valence electrons. The molecular weight excluding hydrogens is 472 g/mol. The summed E-state index contributed by atoms with van der Waals surface area (Å²) in [7, 11) is 1.35. The standard InChI is InChI=1S/C25H23F6N3O/c1-14-11-15(3-6-20(14)27)18(16-4-8-22(34-13-16)25(29,30)31)9-10-33-23(24(35)32-2)19-12-17(26)5-7-21(19)28/h3-8,11-13,18,23,33H,9-10H2,1-2H3,(H,32,35)/t18-,23+/m1/s1. The van der Waals surface area contributed by atoms with Crippen molar-refractivity contribution in [2.45, 2.75) is 31.5 Å². The molecule has 0 radical (unpaired) electrons. The number of likely N-dealkylation sites (N-methyl/N-ethyl adjacent to an activating group) is 1. The van der Waals surface area contributed by atoms with E-state index in [4.69, 9.17) is 0 Å². The summed E-state index contributed by atoms with van der Waals surface area (Å²) in [6, 6.07) is 8.08. The number of hydrogen-bond donors (Lipinski definition) is 2. The number of aryl methyl sites for hydroxylation is 1. The maximum atomic E-state index is 14.3. The summed E-state index contributed by atoms with van der Waals surface area (Å²) in [4.78, 5) is 15.9. The van der Waals surface area contributed by atoms with Gasteiger partial charge in [0, 0.05) is 24.7 Å². The molecule has 0 spiro atoms. The Labute approximate surface area is 198 Å². The molecule has 0 aliphatic carbocycles. The molecule has 0 unspecified atom stereocenters. The van der Waals surface area contributed by atoms with Crippen LogP contribution in [0.25, 0.3) is 0 Å². The van der Waals surface area contributed by atoms with Gasteiger partial charge in [-0.2, -0.15) is 13.2 Å². The first-order chi connectivity index (χ1) is 16.5. The van der Waals surface area contributed by atoms with Gasteiger partial charge in [-0.25, -0.2) is 13.2 Å². The third-order valence-electron chi connectivity index (χ3n) is 5.62. The summed E-state index contributed by atoms with van der Waals surface area (Å²) in [5, 5.41) is 5.29. The fraction of sp³-hybridized carbons (Fsp3) is 0.280. The van der Waals surface area contributed by atoms with Gasteiger partial charge >= 0.3 is 6.18 Å². The second-order valence-electron chi connectivity index (χ2n) is 7.99. The average molecular weight is 495 g/mol. The molecule has 0 aliphatic rings. The van der Waals surface area contributed by atoms with E-state index in [-0.39, 0.29) is 18.5 Å². The first-order valence-electron chi connectivity index (χ1n) is 10.7. The molecule has 1 heterocycles. The third kappa shape index (κ3) is 6.39. The van der Waals surface area contributed by atoms with E-state index in [1.165, 1.54) is 25.2 Å². The smallest absolute Gasteiger partial charge is 0.358 e. The number of rotatable bonds is 8. The number of nitrogens with zero attached hydrogens (tertiary/aromatic N) is 1. The summed E-state index contributed by atoms with van der Waals surface area (Å²) in [5.74, 6) is -3.03. The Morgan fingerprint density at radius 2 is 1.66 bits per heavy atom. The summed E-state index contributed by atoms with van der Waals surface area (Å²) in [5.41, 5.74) is 0.190. The van der Waals surface area contributed by atoms with Crippen molar-refractivity contribution >= 4 is 5.91 Å². The molecule has 0 saturated carbocycles. The van der Waals surface area contributed by atoms with Crippen LogP contribution in [0.15, 0.2) is 54.7 Å². The molecule has 0 bridgehead atoms. The first-order valence-corrected chi connectivity index (χ1v) is 10.7. The lowest BCUT2D eigenvalue weighted by molar-refractivity contribution is -0.141. The molecule has 2 N–H and O–H groups in total. The predicted molar refractivity (Wildman–Crippen MR) is 118 cm³/mol. The molecule has 2 atom stereocenters. The molecule has 10 heteroatoms. The zero-order valence-corrected chi connectivity index (χ0v) is 18.9. The van der Waals surface area contributed by atoms with Crippen LogP contribution in [0, 0.1) is 24.4 Å². The minimum atomic E-state index is -4.60. The number of aromatic nitrogens is 1. The van der Waals surface area contributed by atoms with Gasteiger partial charge in [0.25, 0.3) is 0 Å². The van der Waals surface area contributed by atoms with Gasteiger partial charge < -0.3 is 10.6 Å². The Bertz CT molecular complexity index is 1180. The van der Waals surface area contributed by atoms with Crippen LogP contribution in [0.4, 0.5) is 26.3 Å². The van der Waals surface area contributed by atoms with Gasteiger partial charge in [-0.05, 0) is 66.9 Å². The van der Waals surface area contributed by atoms with Gasteiger partial charge in [0.1, 0.15) is 29.2 Å². The molecule has 3 aromatic rings. The van der Waals surface area contributed by atoms with E-state index < -0.39 is 47.2 Å². The van der Waals surface area contributed by atoms with Crippen LogP contribution in [0.1, 0.15) is 46.3 Å². The van der Waals surface area contributed by atoms with Crippen LogP contribution in [0.3, 0.4) is 0 Å². The van der Waals surface area contributed by atoms with E-state index in [0.29, 0.717) is 16.7 Å². The fourth-order valence-corrected chi connectivity index (χ4v) is 3.79. The van der Waals surface area contributed by atoms with Crippen LogP contribution in [0.2, 0.25) is 0 Å². The first kappa shape index (κ1) is 26.2. The minimum Gasteiger partial charge on any atom is -0.358 e. The molecule has 0 fully saturated rings. The molecule has 4 nitrogen and oxygen atoms in total. The van der Waals surface area contributed by atoms with Crippen LogP contribution >= 0.6 is 0 Å². The Morgan fingerprint density at radius 1 is 0.971 bits per heavy atom. The lowest BCUT2D eigenvalue weighted by Gasteiger charge is -2.22. The van der Waals surface area contributed by atoms with E-state index in [0.717, 1.165) is 30.5 Å². The van der Waals surface area contributed by atoms with Gasteiger partial charge in [0.05, 0.1) is 0 Å². The van der Waals surface area contributed by atoms with Crippen LogP contribution in [-0.4, -0.2) is 24.5 Å². The van der Waals surface area contributed by atoms with Crippen molar-refractivity contribution in [1.82, 2.24) is 15.6 Å². The van der Waals surface area contributed by atoms with Gasteiger partial charge in [-0.3, -0.25) is 9.78 Å². The number of benzene rings is 2. The third-order valence-corrected chi connectivity index (χ3v) is 5.62. The number of nitrogens with one attached hydrogen (secondary N) is 2. The number of carbonyl (C=O) groups excluding carboxylic acids is 1. The summed E-state index contributed by atoms with van der Waals surface area (Å²) < 4.78 is 80.7. The Balaban J connectivity index is 1.88. The van der Waals surface area contributed by atoms with Gasteiger partial charge in [0.2, 0.25) is 5.91 Å².